The van der Waals surface area contributed by atoms with Gasteiger partial charge in [0.15, 0.2) is 0 Å². The molecular formula is C6H13O3PSe. The third-order valence-corrected chi connectivity index (χ3v) is 5.05. The van der Waals surface area contributed by atoms with Gasteiger partial charge in [-0.2, -0.15) is 0 Å². The molecule has 0 aromatic rings. The van der Waals surface area contributed by atoms with Gasteiger partial charge in [0.05, 0.1) is 0 Å². The summed E-state index contributed by atoms with van der Waals surface area (Å²) in [7, 11) is 1.60. The first-order chi connectivity index (χ1) is 4.97. The first-order valence-corrected chi connectivity index (χ1v) is 7.18. The summed E-state index contributed by atoms with van der Waals surface area (Å²) in [5.74, 6) is 0. The third-order valence-electron chi connectivity index (χ3n) is 1.45. The monoisotopic (exact) mass is 244 g/mol. The van der Waals surface area contributed by atoms with E-state index in [1.165, 1.54) is 0 Å². The first-order valence-electron chi connectivity index (χ1n) is 3.42. The van der Waals surface area contributed by atoms with Crippen molar-refractivity contribution in [2.45, 2.75) is 13.8 Å². The van der Waals surface area contributed by atoms with Gasteiger partial charge in [0.2, 0.25) is 0 Å². The molecule has 0 saturated carbocycles. The molecule has 1 rings (SSSR count). The van der Waals surface area contributed by atoms with Crippen LogP contribution in [0.5, 0.6) is 0 Å². The zero-order chi connectivity index (χ0) is 8.54. The Morgan fingerprint density at radius 3 is 2.18 bits per heavy atom. The summed E-state index contributed by atoms with van der Waals surface area (Å²) in [6.45, 7) is 5.60. The van der Waals surface area contributed by atoms with Crippen LogP contribution in [-0.4, -0.2) is 35.4 Å². The Balaban J connectivity index is 2.55. The Morgan fingerprint density at radius 1 is 1.36 bits per heavy atom. The van der Waals surface area contributed by atoms with Crippen molar-refractivity contribution in [1.29, 1.82) is 0 Å². The van der Waals surface area contributed by atoms with E-state index in [2.05, 4.69) is 28.9 Å². The second kappa shape index (κ2) is 3.29. The molecule has 0 radical (unpaired) electrons. The van der Waals surface area contributed by atoms with Crippen molar-refractivity contribution in [2.24, 2.45) is 5.41 Å². The second-order valence-electron chi connectivity index (χ2n) is 3.34. The van der Waals surface area contributed by atoms with Gasteiger partial charge in [-0.05, 0) is 0 Å². The minimum absolute atomic E-state index is 0.117. The summed E-state index contributed by atoms with van der Waals surface area (Å²) in [4.78, 5) is 0. The van der Waals surface area contributed by atoms with Gasteiger partial charge in [0.1, 0.15) is 0 Å². The van der Waals surface area contributed by atoms with E-state index in [9.17, 15) is 0 Å². The van der Waals surface area contributed by atoms with Crippen molar-refractivity contribution in [1.82, 2.24) is 0 Å². The van der Waals surface area contributed by atoms with Gasteiger partial charge in [-0.3, -0.25) is 0 Å². The van der Waals surface area contributed by atoms with Crippen LogP contribution in [-0.2, 0) is 13.6 Å². The van der Waals surface area contributed by atoms with Crippen molar-refractivity contribution in [3.05, 3.63) is 0 Å². The summed E-state index contributed by atoms with van der Waals surface area (Å²) in [6, 6.07) is 0. The van der Waals surface area contributed by atoms with E-state index in [1.807, 2.05) is 0 Å². The van der Waals surface area contributed by atoms with Crippen LogP contribution in [0.2, 0.25) is 0 Å². The summed E-state index contributed by atoms with van der Waals surface area (Å²) >= 11 is 2.82. The summed E-state index contributed by atoms with van der Waals surface area (Å²) in [5.41, 5.74) is 0.117. The predicted molar refractivity (Wildman–Crippen MR) is 45.4 cm³/mol. The fourth-order valence-electron chi connectivity index (χ4n) is 0.692. The molecule has 1 heterocycles. The van der Waals surface area contributed by atoms with E-state index in [1.54, 1.807) is 7.11 Å². The summed E-state index contributed by atoms with van der Waals surface area (Å²) < 4.78 is 16.0. The van der Waals surface area contributed by atoms with Crippen molar-refractivity contribution in [2.75, 3.05) is 20.3 Å². The van der Waals surface area contributed by atoms with Crippen LogP contribution in [0.3, 0.4) is 0 Å². The Kier molecular flexibility index (Phi) is 2.97. The normalized spacial score (nSPS) is 28.3. The van der Waals surface area contributed by atoms with Crippen LogP contribution < -0.4 is 0 Å². The molecule has 0 bridgehead atoms. The van der Waals surface area contributed by atoms with E-state index in [-0.39, 0.29) is 5.41 Å². The molecule has 1 fully saturated rings. The first kappa shape index (κ1) is 9.91. The fraction of sp³-hybridized carbons (Fsp3) is 1.00. The molecule has 5 heteroatoms. The van der Waals surface area contributed by atoms with Crippen LogP contribution in [0.15, 0.2) is 0 Å². The maximum absolute atomic E-state index is 5.44. The van der Waals surface area contributed by atoms with Crippen molar-refractivity contribution >= 4 is 21.3 Å². The molecule has 1 saturated heterocycles. The Bertz CT molecular complexity index is 178. The van der Waals surface area contributed by atoms with E-state index in [0.717, 1.165) is 0 Å². The molecule has 0 aromatic carbocycles. The molecule has 0 amide bonds. The van der Waals surface area contributed by atoms with Crippen LogP contribution in [0, 0.1) is 5.41 Å². The van der Waals surface area contributed by atoms with Gasteiger partial charge < -0.3 is 0 Å². The standard InChI is InChI=1S/C6H13O3PSe/c1-6(2)4-8-10(11,7-3)9-5-6/h4-5H2,1-3H3. The molecule has 0 aliphatic carbocycles. The predicted octanol–water partition coefficient (Wildman–Crippen LogP) is 1.55. The molecule has 0 unspecified atom stereocenters. The molecule has 0 N–H and O–H groups in total. The quantitative estimate of drug-likeness (QED) is 0.516. The van der Waals surface area contributed by atoms with Gasteiger partial charge in [0, 0.05) is 0 Å². The second-order valence-corrected chi connectivity index (χ2v) is 7.93. The van der Waals surface area contributed by atoms with Crippen LogP contribution in [0.25, 0.3) is 0 Å². The van der Waals surface area contributed by atoms with E-state index < -0.39 is 6.19 Å². The van der Waals surface area contributed by atoms with Crippen LogP contribution >= 0.6 is 6.19 Å². The molecule has 11 heavy (non-hydrogen) atoms. The van der Waals surface area contributed by atoms with Crippen molar-refractivity contribution in [3.63, 3.8) is 0 Å². The van der Waals surface area contributed by atoms with E-state index in [0.29, 0.717) is 13.2 Å². The van der Waals surface area contributed by atoms with Crippen molar-refractivity contribution in [3.8, 4) is 0 Å². The van der Waals surface area contributed by atoms with Gasteiger partial charge in [-0.25, -0.2) is 0 Å². The third kappa shape index (κ3) is 2.66. The van der Waals surface area contributed by atoms with Gasteiger partial charge in [-0.15, -0.1) is 0 Å². The average molecular weight is 243 g/mol. The summed E-state index contributed by atoms with van der Waals surface area (Å²) in [6.07, 6.45) is -2.05. The number of hydrogen-bond acceptors (Lipinski definition) is 3. The maximum atomic E-state index is 5.44. The van der Waals surface area contributed by atoms with Crippen LogP contribution in [0.4, 0.5) is 0 Å². The van der Waals surface area contributed by atoms with Gasteiger partial charge in [-0.1, -0.05) is 0 Å². The topological polar surface area (TPSA) is 27.7 Å². The fourth-order valence-corrected chi connectivity index (χ4v) is 2.66. The molecule has 0 atom stereocenters. The van der Waals surface area contributed by atoms with E-state index >= 15 is 0 Å². The Hall–Kier alpha value is 0.829. The molecule has 1 aliphatic heterocycles. The SMILES string of the molecule is COP1(=[Se])OCC(C)(C)CO1. The van der Waals surface area contributed by atoms with Crippen molar-refractivity contribution < 1.29 is 13.6 Å². The number of hydrogen-bond donors (Lipinski definition) is 0. The molecule has 0 spiro atoms. The Labute approximate surface area is 74.9 Å². The molecule has 0 aromatic heterocycles. The molecule has 3 nitrogen and oxygen atoms in total. The Morgan fingerprint density at radius 2 is 1.82 bits per heavy atom. The number of rotatable bonds is 1. The molecular weight excluding hydrogens is 230 g/mol. The van der Waals surface area contributed by atoms with E-state index in [4.69, 9.17) is 13.6 Å². The minimum atomic E-state index is -2.05. The molecule has 1 aliphatic rings. The van der Waals surface area contributed by atoms with Crippen LogP contribution in [0.1, 0.15) is 13.8 Å². The van der Waals surface area contributed by atoms with Gasteiger partial charge in [0.25, 0.3) is 0 Å². The zero-order valence-electron chi connectivity index (χ0n) is 6.99. The van der Waals surface area contributed by atoms with Gasteiger partial charge >= 0.3 is 74.4 Å². The average Bonchev–Trinajstić information content (AvgIpc) is 1.97. The molecule has 66 valence electrons. The summed E-state index contributed by atoms with van der Waals surface area (Å²) in [5, 5.41) is 0. The zero-order valence-corrected chi connectivity index (χ0v) is 9.60.